The van der Waals surface area contributed by atoms with Crippen LogP contribution in [0.2, 0.25) is 19.6 Å². The maximum atomic E-state index is 5.97. The van der Waals surface area contributed by atoms with Gasteiger partial charge in [-0.05, 0) is 41.6 Å². The van der Waals surface area contributed by atoms with Crippen molar-refractivity contribution in [1.82, 2.24) is 0 Å². The Balaban J connectivity index is 3.05. The van der Waals surface area contributed by atoms with Gasteiger partial charge in [0.1, 0.15) is 5.75 Å². The third kappa shape index (κ3) is 3.11. The van der Waals surface area contributed by atoms with E-state index in [-0.39, 0.29) is 0 Å². The molecule has 0 heterocycles. The average molecular weight is 274 g/mol. The fraction of sp³-hybridized carbons (Fsp3) is 0.400. The topological polar surface area (TPSA) is 35.2 Å². The molecule has 0 saturated carbocycles. The molecule has 0 atom stereocenters. The van der Waals surface area contributed by atoms with Gasteiger partial charge < -0.3 is 10.2 Å². The number of para-hydroxylation sites is 1. The van der Waals surface area contributed by atoms with Crippen molar-refractivity contribution >= 4 is 24.2 Å². The number of rotatable bonds is 3. The normalized spacial score (nSPS) is 11.5. The second-order valence-corrected chi connectivity index (χ2v) is 9.43. The van der Waals surface area contributed by atoms with Crippen LogP contribution in [0.15, 0.2) is 22.7 Å². The van der Waals surface area contributed by atoms with Gasteiger partial charge >= 0.3 is 0 Å². The van der Waals surface area contributed by atoms with Crippen molar-refractivity contribution < 1.29 is 4.43 Å². The highest BCUT2D eigenvalue weighted by Crippen LogP contribution is 2.30. The van der Waals surface area contributed by atoms with Crippen molar-refractivity contribution in [2.45, 2.75) is 26.2 Å². The predicted molar refractivity (Wildman–Crippen MR) is 66.0 cm³/mol. The minimum atomic E-state index is -1.56. The molecule has 0 aliphatic rings. The molecule has 0 unspecified atom stereocenters. The molecule has 0 aliphatic heterocycles. The van der Waals surface area contributed by atoms with Crippen LogP contribution in [-0.4, -0.2) is 8.32 Å². The SMILES string of the molecule is C[Si](C)(C)Oc1c(Br)cccc1CN. The molecule has 0 spiro atoms. The number of benzene rings is 1. The molecule has 2 nitrogen and oxygen atoms in total. The first kappa shape index (κ1) is 11.7. The van der Waals surface area contributed by atoms with E-state index in [2.05, 4.69) is 35.6 Å². The lowest BCUT2D eigenvalue weighted by molar-refractivity contribution is 0.546. The predicted octanol–water partition coefficient (Wildman–Crippen LogP) is 3.12. The Labute approximate surface area is 94.7 Å². The minimum absolute atomic E-state index is 0.513. The molecule has 1 rings (SSSR count). The molecule has 0 bridgehead atoms. The highest BCUT2D eigenvalue weighted by atomic mass is 79.9. The fourth-order valence-corrected chi connectivity index (χ4v) is 2.63. The zero-order valence-electron chi connectivity index (χ0n) is 8.80. The van der Waals surface area contributed by atoms with E-state index in [1.807, 2.05) is 18.2 Å². The molecule has 0 aromatic heterocycles. The van der Waals surface area contributed by atoms with Crippen molar-refractivity contribution in [2.24, 2.45) is 5.73 Å². The first-order valence-electron chi connectivity index (χ1n) is 4.60. The van der Waals surface area contributed by atoms with Crippen molar-refractivity contribution in [3.8, 4) is 5.75 Å². The molecule has 0 aliphatic carbocycles. The summed E-state index contributed by atoms with van der Waals surface area (Å²) in [4.78, 5) is 0. The highest BCUT2D eigenvalue weighted by Gasteiger charge is 2.19. The van der Waals surface area contributed by atoms with E-state index in [0.717, 1.165) is 15.8 Å². The molecule has 1 aromatic carbocycles. The molecule has 78 valence electrons. The van der Waals surface area contributed by atoms with Gasteiger partial charge in [0, 0.05) is 12.1 Å². The van der Waals surface area contributed by atoms with Gasteiger partial charge in [-0.25, -0.2) is 0 Å². The molecule has 2 N–H and O–H groups in total. The summed E-state index contributed by atoms with van der Waals surface area (Å²) in [5.41, 5.74) is 6.71. The van der Waals surface area contributed by atoms with Crippen molar-refractivity contribution in [3.63, 3.8) is 0 Å². The number of halogens is 1. The Morgan fingerprint density at radius 2 is 2.00 bits per heavy atom. The summed E-state index contributed by atoms with van der Waals surface area (Å²) >= 11 is 3.48. The maximum Gasteiger partial charge on any atom is 0.242 e. The molecule has 0 saturated heterocycles. The summed E-state index contributed by atoms with van der Waals surface area (Å²) in [5, 5.41) is 0. The summed E-state index contributed by atoms with van der Waals surface area (Å²) in [5.74, 6) is 0.911. The van der Waals surface area contributed by atoms with Crippen LogP contribution in [0.3, 0.4) is 0 Å². The Morgan fingerprint density at radius 3 is 2.50 bits per heavy atom. The number of nitrogens with two attached hydrogens (primary N) is 1. The summed E-state index contributed by atoms with van der Waals surface area (Å²) in [6.07, 6.45) is 0. The lowest BCUT2D eigenvalue weighted by atomic mass is 10.2. The molecular formula is C10H16BrNOSi. The summed E-state index contributed by atoms with van der Waals surface area (Å²) in [7, 11) is -1.56. The Kier molecular flexibility index (Phi) is 3.75. The minimum Gasteiger partial charge on any atom is -0.543 e. The van der Waals surface area contributed by atoms with E-state index in [0.29, 0.717) is 6.54 Å². The second-order valence-electron chi connectivity index (χ2n) is 4.15. The van der Waals surface area contributed by atoms with E-state index in [9.17, 15) is 0 Å². The van der Waals surface area contributed by atoms with Gasteiger partial charge in [-0.15, -0.1) is 0 Å². The van der Waals surface area contributed by atoms with Gasteiger partial charge in [0.05, 0.1) is 4.47 Å². The van der Waals surface area contributed by atoms with Crippen LogP contribution in [-0.2, 0) is 6.54 Å². The van der Waals surface area contributed by atoms with Gasteiger partial charge in [0.15, 0.2) is 0 Å². The molecule has 0 radical (unpaired) electrons. The Bertz CT molecular complexity index is 322. The van der Waals surface area contributed by atoms with Crippen LogP contribution < -0.4 is 10.2 Å². The summed E-state index contributed by atoms with van der Waals surface area (Å²) in [6.45, 7) is 6.99. The van der Waals surface area contributed by atoms with Crippen molar-refractivity contribution in [1.29, 1.82) is 0 Å². The smallest absolute Gasteiger partial charge is 0.242 e. The zero-order chi connectivity index (χ0) is 10.8. The van der Waals surface area contributed by atoms with Gasteiger partial charge in [-0.3, -0.25) is 0 Å². The van der Waals surface area contributed by atoms with Crippen LogP contribution in [0.5, 0.6) is 5.75 Å². The van der Waals surface area contributed by atoms with E-state index in [1.54, 1.807) is 0 Å². The van der Waals surface area contributed by atoms with Gasteiger partial charge in [0.2, 0.25) is 8.32 Å². The number of hydrogen-bond donors (Lipinski definition) is 1. The lowest BCUT2D eigenvalue weighted by Gasteiger charge is -2.22. The third-order valence-corrected chi connectivity index (χ3v) is 3.12. The first-order valence-corrected chi connectivity index (χ1v) is 8.80. The zero-order valence-corrected chi connectivity index (χ0v) is 11.4. The van der Waals surface area contributed by atoms with Gasteiger partial charge in [0.25, 0.3) is 0 Å². The van der Waals surface area contributed by atoms with E-state index in [4.69, 9.17) is 10.2 Å². The van der Waals surface area contributed by atoms with Crippen LogP contribution in [0.25, 0.3) is 0 Å². The van der Waals surface area contributed by atoms with Crippen LogP contribution in [0, 0.1) is 0 Å². The fourth-order valence-electron chi connectivity index (χ4n) is 1.13. The van der Waals surface area contributed by atoms with Gasteiger partial charge in [-0.2, -0.15) is 0 Å². The molecule has 14 heavy (non-hydrogen) atoms. The van der Waals surface area contributed by atoms with Crippen LogP contribution in [0.4, 0.5) is 0 Å². The first-order chi connectivity index (χ1) is 6.44. The highest BCUT2D eigenvalue weighted by molar-refractivity contribution is 9.10. The molecule has 0 fully saturated rings. The van der Waals surface area contributed by atoms with E-state index < -0.39 is 8.32 Å². The second kappa shape index (κ2) is 4.46. The molecule has 4 heteroatoms. The Morgan fingerprint density at radius 1 is 1.36 bits per heavy atom. The van der Waals surface area contributed by atoms with Crippen LogP contribution in [0.1, 0.15) is 5.56 Å². The van der Waals surface area contributed by atoms with Gasteiger partial charge in [-0.1, -0.05) is 12.1 Å². The maximum absolute atomic E-state index is 5.97. The molecule has 0 amide bonds. The number of hydrogen-bond acceptors (Lipinski definition) is 2. The Hall–Kier alpha value is -0.323. The third-order valence-electron chi connectivity index (χ3n) is 1.68. The quantitative estimate of drug-likeness (QED) is 0.859. The molecule has 1 aromatic rings. The van der Waals surface area contributed by atoms with Crippen molar-refractivity contribution in [2.75, 3.05) is 0 Å². The van der Waals surface area contributed by atoms with E-state index >= 15 is 0 Å². The lowest BCUT2D eigenvalue weighted by Crippen LogP contribution is -2.30. The molecular weight excluding hydrogens is 258 g/mol. The summed E-state index contributed by atoms with van der Waals surface area (Å²) in [6, 6.07) is 5.96. The standard InChI is InChI=1S/C10H16BrNOSi/c1-14(2,3)13-10-8(7-12)5-4-6-9(10)11/h4-6H,7,12H2,1-3H3. The average Bonchev–Trinajstić information content (AvgIpc) is 2.06. The van der Waals surface area contributed by atoms with E-state index in [1.165, 1.54) is 0 Å². The summed E-state index contributed by atoms with van der Waals surface area (Å²) < 4.78 is 6.96. The largest absolute Gasteiger partial charge is 0.543 e. The van der Waals surface area contributed by atoms with Crippen LogP contribution >= 0.6 is 15.9 Å². The monoisotopic (exact) mass is 273 g/mol. The van der Waals surface area contributed by atoms with Crippen molar-refractivity contribution in [3.05, 3.63) is 28.2 Å².